The molecule has 0 aliphatic rings. The van der Waals surface area contributed by atoms with E-state index in [2.05, 4.69) is 17.6 Å². The summed E-state index contributed by atoms with van der Waals surface area (Å²) in [5.41, 5.74) is 4.33. The Labute approximate surface area is 144 Å². The Morgan fingerprint density at radius 2 is 1.71 bits per heavy atom. The van der Waals surface area contributed by atoms with E-state index in [-0.39, 0.29) is 6.03 Å². The van der Waals surface area contributed by atoms with Gasteiger partial charge in [0.15, 0.2) is 0 Å². The molecule has 0 atom stereocenters. The van der Waals surface area contributed by atoms with Crippen molar-refractivity contribution in [3.05, 3.63) is 59.2 Å². The van der Waals surface area contributed by atoms with Gasteiger partial charge < -0.3 is 15.4 Å². The largest absolute Gasteiger partial charge is 0.493 e. The molecule has 0 aliphatic carbocycles. The molecule has 0 saturated heterocycles. The predicted molar refractivity (Wildman–Crippen MR) is 98.9 cm³/mol. The lowest BCUT2D eigenvalue weighted by Gasteiger charge is -2.12. The fourth-order valence-corrected chi connectivity index (χ4v) is 2.47. The number of amides is 2. The van der Waals surface area contributed by atoms with Gasteiger partial charge in [-0.25, -0.2) is 4.79 Å². The first-order valence-corrected chi connectivity index (χ1v) is 8.43. The number of aryl methyl sites for hydroxylation is 3. The van der Waals surface area contributed by atoms with Crippen molar-refractivity contribution in [3.63, 3.8) is 0 Å². The van der Waals surface area contributed by atoms with Crippen LogP contribution in [0.2, 0.25) is 0 Å². The monoisotopic (exact) mass is 326 g/mol. The van der Waals surface area contributed by atoms with Gasteiger partial charge in [0.05, 0.1) is 6.61 Å². The molecule has 2 N–H and O–H groups in total. The van der Waals surface area contributed by atoms with Crippen molar-refractivity contribution in [1.29, 1.82) is 0 Å². The molecule has 0 saturated carbocycles. The summed E-state index contributed by atoms with van der Waals surface area (Å²) in [5, 5.41) is 5.67. The van der Waals surface area contributed by atoms with Crippen molar-refractivity contribution in [1.82, 2.24) is 5.32 Å². The fourth-order valence-electron chi connectivity index (χ4n) is 2.47. The minimum absolute atomic E-state index is 0.189. The number of para-hydroxylation sites is 1. The van der Waals surface area contributed by atoms with Gasteiger partial charge >= 0.3 is 6.03 Å². The summed E-state index contributed by atoms with van der Waals surface area (Å²) in [5.74, 6) is 0.943. The Morgan fingerprint density at radius 1 is 1.04 bits per heavy atom. The number of anilines is 1. The molecular weight excluding hydrogens is 300 g/mol. The van der Waals surface area contributed by atoms with E-state index in [1.807, 2.05) is 56.3 Å². The number of nitrogens with one attached hydrogen (secondary N) is 2. The quantitative estimate of drug-likeness (QED) is 0.738. The van der Waals surface area contributed by atoms with E-state index in [4.69, 9.17) is 4.74 Å². The SMILES string of the molecule is CCc1ccc(NC(=O)NCCCOc2c(C)cccc2C)cc1. The highest BCUT2D eigenvalue weighted by atomic mass is 16.5. The van der Waals surface area contributed by atoms with E-state index in [9.17, 15) is 4.79 Å². The van der Waals surface area contributed by atoms with Crippen molar-refractivity contribution in [2.75, 3.05) is 18.5 Å². The molecule has 128 valence electrons. The van der Waals surface area contributed by atoms with Crippen LogP contribution in [0.4, 0.5) is 10.5 Å². The number of carbonyl (C=O) groups excluding carboxylic acids is 1. The third-order valence-electron chi connectivity index (χ3n) is 3.88. The molecule has 2 aromatic rings. The zero-order chi connectivity index (χ0) is 17.4. The van der Waals surface area contributed by atoms with Gasteiger partial charge in [-0.3, -0.25) is 0 Å². The molecule has 2 aromatic carbocycles. The molecule has 2 rings (SSSR count). The van der Waals surface area contributed by atoms with Crippen molar-refractivity contribution < 1.29 is 9.53 Å². The summed E-state index contributed by atoms with van der Waals surface area (Å²) in [6.45, 7) is 7.34. The topological polar surface area (TPSA) is 50.4 Å². The predicted octanol–water partition coefficient (Wildman–Crippen LogP) is 4.46. The number of rotatable bonds is 7. The maximum atomic E-state index is 11.8. The minimum atomic E-state index is -0.189. The molecule has 0 fully saturated rings. The number of carbonyl (C=O) groups is 1. The van der Waals surface area contributed by atoms with Gasteiger partial charge in [0.25, 0.3) is 0 Å². The van der Waals surface area contributed by atoms with Crippen LogP contribution in [0.1, 0.15) is 30.0 Å². The van der Waals surface area contributed by atoms with E-state index in [0.717, 1.165) is 35.4 Å². The van der Waals surface area contributed by atoms with Crippen LogP contribution in [0.15, 0.2) is 42.5 Å². The van der Waals surface area contributed by atoms with E-state index in [1.165, 1.54) is 5.56 Å². The van der Waals surface area contributed by atoms with Crippen molar-refractivity contribution in [2.45, 2.75) is 33.6 Å². The Hall–Kier alpha value is -2.49. The van der Waals surface area contributed by atoms with Crippen LogP contribution in [-0.4, -0.2) is 19.2 Å². The van der Waals surface area contributed by atoms with Crippen molar-refractivity contribution >= 4 is 11.7 Å². The maximum Gasteiger partial charge on any atom is 0.319 e. The lowest BCUT2D eigenvalue weighted by molar-refractivity contribution is 0.250. The Bertz CT molecular complexity index is 646. The Kier molecular flexibility index (Phi) is 6.67. The molecule has 0 heterocycles. The van der Waals surface area contributed by atoms with Crippen molar-refractivity contribution in [3.8, 4) is 5.75 Å². The summed E-state index contributed by atoms with van der Waals surface area (Å²) in [6, 6.07) is 13.8. The summed E-state index contributed by atoms with van der Waals surface area (Å²) in [7, 11) is 0. The molecule has 4 nitrogen and oxygen atoms in total. The van der Waals surface area contributed by atoms with Gasteiger partial charge in [0, 0.05) is 12.2 Å². The molecular formula is C20H26N2O2. The lowest BCUT2D eigenvalue weighted by atomic mass is 10.1. The normalized spacial score (nSPS) is 10.3. The third kappa shape index (κ3) is 5.30. The van der Waals surface area contributed by atoms with E-state index in [1.54, 1.807) is 0 Å². The van der Waals surface area contributed by atoms with Gasteiger partial charge in [-0.15, -0.1) is 0 Å². The van der Waals surface area contributed by atoms with E-state index >= 15 is 0 Å². The van der Waals surface area contributed by atoms with Gasteiger partial charge in [0.1, 0.15) is 5.75 Å². The second-order valence-corrected chi connectivity index (χ2v) is 5.85. The molecule has 4 heteroatoms. The second-order valence-electron chi connectivity index (χ2n) is 5.85. The first-order valence-electron chi connectivity index (χ1n) is 8.43. The number of hydrogen-bond acceptors (Lipinski definition) is 2. The maximum absolute atomic E-state index is 11.8. The van der Waals surface area contributed by atoms with Crippen LogP contribution in [0.3, 0.4) is 0 Å². The number of ether oxygens (including phenoxy) is 1. The first-order chi connectivity index (χ1) is 11.6. The smallest absolute Gasteiger partial charge is 0.319 e. The van der Waals surface area contributed by atoms with E-state index in [0.29, 0.717) is 13.2 Å². The fraction of sp³-hybridized carbons (Fsp3) is 0.350. The van der Waals surface area contributed by atoms with Gasteiger partial charge in [-0.05, 0) is 55.5 Å². The Balaban J connectivity index is 1.67. The summed E-state index contributed by atoms with van der Waals surface area (Å²) in [6.07, 6.45) is 1.75. The average Bonchev–Trinajstić information content (AvgIpc) is 2.57. The standard InChI is InChI=1S/C20H26N2O2/c1-4-17-9-11-18(12-10-17)22-20(23)21-13-6-14-24-19-15(2)7-5-8-16(19)3/h5,7-12H,4,6,13-14H2,1-3H3,(H2,21,22,23). The number of benzene rings is 2. The molecule has 24 heavy (non-hydrogen) atoms. The second kappa shape index (κ2) is 8.96. The molecule has 0 spiro atoms. The van der Waals surface area contributed by atoms with Gasteiger partial charge in [-0.1, -0.05) is 37.3 Å². The number of urea groups is 1. The molecule has 0 aliphatic heterocycles. The summed E-state index contributed by atoms with van der Waals surface area (Å²) >= 11 is 0. The van der Waals surface area contributed by atoms with Crippen LogP contribution in [0, 0.1) is 13.8 Å². The zero-order valence-electron chi connectivity index (χ0n) is 14.7. The molecule has 0 bridgehead atoms. The van der Waals surface area contributed by atoms with Crippen LogP contribution in [0.25, 0.3) is 0 Å². The van der Waals surface area contributed by atoms with E-state index < -0.39 is 0 Å². The highest BCUT2D eigenvalue weighted by Crippen LogP contribution is 2.22. The van der Waals surface area contributed by atoms with Gasteiger partial charge in [0.2, 0.25) is 0 Å². The van der Waals surface area contributed by atoms with Crippen molar-refractivity contribution in [2.24, 2.45) is 0 Å². The van der Waals surface area contributed by atoms with Crippen LogP contribution in [-0.2, 0) is 6.42 Å². The third-order valence-corrected chi connectivity index (χ3v) is 3.88. The molecule has 0 radical (unpaired) electrons. The summed E-state index contributed by atoms with van der Waals surface area (Å²) < 4.78 is 5.82. The van der Waals surface area contributed by atoms with Crippen LogP contribution >= 0.6 is 0 Å². The minimum Gasteiger partial charge on any atom is -0.493 e. The number of hydrogen-bond donors (Lipinski definition) is 2. The molecule has 0 unspecified atom stereocenters. The molecule has 0 aromatic heterocycles. The molecule has 2 amide bonds. The Morgan fingerprint density at radius 3 is 2.33 bits per heavy atom. The average molecular weight is 326 g/mol. The van der Waals surface area contributed by atoms with Crippen LogP contribution < -0.4 is 15.4 Å². The highest BCUT2D eigenvalue weighted by Gasteiger charge is 2.04. The first kappa shape index (κ1) is 17.9. The summed E-state index contributed by atoms with van der Waals surface area (Å²) in [4.78, 5) is 11.8. The zero-order valence-corrected chi connectivity index (χ0v) is 14.7. The lowest BCUT2D eigenvalue weighted by Crippen LogP contribution is -2.30. The van der Waals surface area contributed by atoms with Gasteiger partial charge in [-0.2, -0.15) is 0 Å². The van der Waals surface area contributed by atoms with Crippen LogP contribution in [0.5, 0.6) is 5.75 Å². The highest BCUT2D eigenvalue weighted by molar-refractivity contribution is 5.89.